The maximum Gasteiger partial charge on any atom is 0.253 e. The molecule has 1 atom stereocenters. The van der Waals surface area contributed by atoms with Gasteiger partial charge in [0, 0.05) is 13.2 Å². The minimum atomic E-state index is -2.32. The second-order valence-corrected chi connectivity index (χ2v) is 4.50. The monoisotopic (exact) mass is 209 g/mol. The second-order valence-electron chi connectivity index (χ2n) is 4.50. The van der Waals surface area contributed by atoms with E-state index in [2.05, 4.69) is 5.32 Å². The molecule has 0 aliphatic rings. The van der Waals surface area contributed by atoms with E-state index in [1.54, 1.807) is 0 Å². The van der Waals surface area contributed by atoms with Crippen LogP contribution in [0.4, 0.5) is 8.78 Å². The normalized spacial score (nSPS) is 14.8. The predicted octanol–water partition coefficient (Wildman–Crippen LogP) is 2.03. The first-order valence-electron chi connectivity index (χ1n) is 5.01. The number of aliphatic hydroxyl groups is 1. The van der Waals surface area contributed by atoms with Crippen molar-refractivity contribution in [3.8, 4) is 0 Å². The Bertz CT molecular complexity index is 151. The zero-order valence-corrected chi connectivity index (χ0v) is 9.19. The Kier molecular flexibility index (Phi) is 6.20. The number of hydrogen-bond donors (Lipinski definition) is 2. The summed E-state index contributed by atoms with van der Waals surface area (Å²) in [4.78, 5) is 0. The highest BCUT2D eigenvalue weighted by Gasteiger charge is 2.20. The van der Waals surface area contributed by atoms with Crippen molar-refractivity contribution in [3.63, 3.8) is 0 Å². The molecule has 0 radical (unpaired) electrons. The standard InChI is InChI=1S/C10H21F2NO/c1-8(9(11)12)13-7-10(2,3)5-4-6-14/h8-9,13-14H,4-7H2,1-3H3. The fourth-order valence-corrected chi connectivity index (χ4v) is 1.17. The molecule has 0 aromatic carbocycles. The SMILES string of the molecule is CC(NCC(C)(C)CCCO)C(F)F. The number of nitrogens with one attached hydrogen (secondary N) is 1. The minimum absolute atomic E-state index is 0.0358. The maximum absolute atomic E-state index is 12.2. The lowest BCUT2D eigenvalue weighted by molar-refractivity contribution is 0.0986. The van der Waals surface area contributed by atoms with Crippen LogP contribution in [0.3, 0.4) is 0 Å². The average molecular weight is 209 g/mol. The van der Waals surface area contributed by atoms with E-state index in [-0.39, 0.29) is 12.0 Å². The third-order valence-electron chi connectivity index (χ3n) is 2.29. The summed E-state index contributed by atoms with van der Waals surface area (Å²) in [6.45, 7) is 6.21. The summed E-state index contributed by atoms with van der Waals surface area (Å²) in [7, 11) is 0. The molecular weight excluding hydrogens is 188 g/mol. The smallest absolute Gasteiger partial charge is 0.253 e. The first-order valence-corrected chi connectivity index (χ1v) is 5.01. The van der Waals surface area contributed by atoms with E-state index in [1.165, 1.54) is 6.92 Å². The summed E-state index contributed by atoms with van der Waals surface area (Å²) in [6.07, 6.45) is -0.756. The van der Waals surface area contributed by atoms with Crippen LogP contribution in [0.15, 0.2) is 0 Å². The quantitative estimate of drug-likeness (QED) is 0.672. The molecule has 2 N–H and O–H groups in total. The molecule has 0 fully saturated rings. The van der Waals surface area contributed by atoms with Crippen LogP contribution in [-0.4, -0.2) is 30.7 Å². The van der Waals surface area contributed by atoms with Crippen molar-refractivity contribution >= 4 is 0 Å². The molecule has 0 saturated heterocycles. The number of hydrogen-bond acceptors (Lipinski definition) is 2. The van der Waals surface area contributed by atoms with Gasteiger partial charge in [0.15, 0.2) is 0 Å². The molecule has 0 heterocycles. The Morgan fingerprint density at radius 2 is 1.93 bits per heavy atom. The van der Waals surface area contributed by atoms with Crippen molar-refractivity contribution in [2.24, 2.45) is 5.41 Å². The van der Waals surface area contributed by atoms with Gasteiger partial charge < -0.3 is 10.4 Å². The summed E-state index contributed by atoms with van der Waals surface area (Å²) in [6, 6.07) is -0.761. The van der Waals surface area contributed by atoms with Crippen molar-refractivity contribution in [3.05, 3.63) is 0 Å². The van der Waals surface area contributed by atoms with Crippen LogP contribution in [-0.2, 0) is 0 Å². The molecular formula is C10H21F2NO. The molecule has 0 aliphatic carbocycles. The Morgan fingerprint density at radius 1 is 1.36 bits per heavy atom. The number of rotatable bonds is 7. The molecule has 2 nitrogen and oxygen atoms in total. The minimum Gasteiger partial charge on any atom is -0.396 e. The van der Waals surface area contributed by atoms with Crippen molar-refractivity contribution in [1.29, 1.82) is 0 Å². The Morgan fingerprint density at radius 3 is 2.36 bits per heavy atom. The summed E-state index contributed by atoms with van der Waals surface area (Å²) in [5.41, 5.74) is -0.0358. The van der Waals surface area contributed by atoms with Crippen molar-refractivity contribution in [2.45, 2.75) is 46.1 Å². The van der Waals surface area contributed by atoms with E-state index in [1.807, 2.05) is 13.8 Å². The fraction of sp³-hybridized carbons (Fsp3) is 1.00. The lowest BCUT2D eigenvalue weighted by atomic mass is 9.87. The summed E-state index contributed by atoms with van der Waals surface area (Å²) in [5, 5.41) is 11.5. The largest absolute Gasteiger partial charge is 0.396 e. The van der Waals surface area contributed by atoms with Gasteiger partial charge in [-0.25, -0.2) is 8.78 Å². The number of aliphatic hydroxyl groups excluding tert-OH is 1. The molecule has 86 valence electrons. The van der Waals surface area contributed by atoms with Gasteiger partial charge in [-0.3, -0.25) is 0 Å². The third-order valence-corrected chi connectivity index (χ3v) is 2.29. The van der Waals surface area contributed by atoms with E-state index in [4.69, 9.17) is 5.11 Å². The zero-order chi connectivity index (χ0) is 11.2. The first kappa shape index (κ1) is 13.8. The van der Waals surface area contributed by atoms with Crippen LogP contribution in [0.2, 0.25) is 0 Å². The molecule has 0 aromatic rings. The summed E-state index contributed by atoms with van der Waals surface area (Å²) < 4.78 is 24.3. The highest BCUT2D eigenvalue weighted by atomic mass is 19.3. The average Bonchev–Trinajstić information content (AvgIpc) is 2.11. The van der Waals surface area contributed by atoms with Crippen molar-refractivity contribution in [1.82, 2.24) is 5.32 Å². The first-order chi connectivity index (χ1) is 6.39. The van der Waals surface area contributed by atoms with E-state index in [0.717, 1.165) is 12.8 Å². The number of alkyl halides is 2. The van der Waals surface area contributed by atoms with Gasteiger partial charge in [-0.05, 0) is 25.2 Å². The molecule has 0 aromatic heterocycles. The molecule has 0 bridgehead atoms. The van der Waals surface area contributed by atoms with Gasteiger partial charge in [-0.1, -0.05) is 13.8 Å². The predicted molar refractivity (Wildman–Crippen MR) is 53.6 cm³/mol. The van der Waals surface area contributed by atoms with Gasteiger partial charge >= 0.3 is 0 Å². The molecule has 0 aliphatic heterocycles. The number of halogens is 2. The summed E-state index contributed by atoms with van der Waals surface area (Å²) >= 11 is 0. The van der Waals surface area contributed by atoms with Gasteiger partial charge in [0.1, 0.15) is 0 Å². The van der Waals surface area contributed by atoms with Gasteiger partial charge in [-0.15, -0.1) is 0 Å². The van der Waals surface area contributed by atoms with Crippen LogP contribution in [0, 0.1) is 5.41 Å². The Labute approximate surface area is 84.7 Å². The fourth-order valence-electron chi connectivity index (χ4n) is 1.17. The van der Waals surface area contributed by atoms with Crippen LogP contribution < -0.4 is 5.32 Å². The Hall–Kier alpha value is -0.220. The molecule has 0 amide bonds. The van der Waals surface area contributed by atoms with Gasteiger partial charge in [-0.2, -0.15) is 0 Å². The third kappa shape index (κ3) is 6.27. The lowest BCUT2D eigenvalue weighted by Gasteiger charge is -2.26. The highest BCUT2D eigenvalue weighted by molar-refractivity contribution is 4.74. The molecule has 0 saturated carbocycles. The molecule has 1 unspecified atom stereocenters. The summed E-state index contributed by atoms with van der Waals surface area (Å²) in [5.74, 6) is 0. The van der Waals surface area contributed by atoms with Crippen LogP contribution in [0.1, 0.15) is 33.6 Å². The maximum atomic E-state index is 12.2. The van der Waals surface area contributed by atoms with Crippen molar-refractivity contribution < 1.29 is 13.9 Å². The molecule has 0 spiro atoms. The van der Waals surface area contributed by atoms with Gasteiger partial charge in [0.25, 0.3) is 6.43 Å². The van der Waals surface area contributed by atoms with Crippen LogP contribution >= 0.6 is 0 Å². The Balaban J connectivity index is 3.74. The topological polar surface area (TPSA) is 32.3 Å². The van der Waals surface area contributed by atoms with E-state index in [9.17, 15) is 8.78 Å². The van der Waals surface area contributed by atoms with Crippen LogP contribution in [0.5, 0.6) is 0 Å². The van der Waals surface area contributed by atoms with E-state index < -0.39 is 12.5 Å². The molecule has 14 heavy (non-hydrogen) atoms. The molecule has 4 heteroatoms. The van der Waals surface area contributed by atoms with Gasteiger partial charge in [0.2, 0.25) is 0 Å². The van der Waals surface area contributed by atoms with Crippen LogP contribution in [0.25, 0.3) is 0 Å². The van der Waals surface area contributed by atoms with E-state index >= 15 is 0 Å². The zero-order valence-electron chi connectivity index (χ0n) is 9.19. The lowest BCUT2D eigenvalue weighted by Crippen LogP contribution is -2.39. The highest BCUT2D eigenvalue weighted by Crippen LogP contribution is 2.21. The van der Waals surface area contributed by atoms with Crippen molar-refractivity contribution in [2.75, 3.05) is 13.2 Å². The molecule has 0 rings (SSSR count). The second kappa shape index (κ2) is 6.30. The van der Waals surface area contributed by atoms with E-state index in [0.29, 0.717) is 6.54 Å². The van der Waals surface area contributed by atoms with Gasteiger partial charge in [0.05, 0.1) is 6.04 Å².